The number of amides is 3. The Hall–Kier alpha value is -4.87. The number of rotatable bonds is 7. The van der Waals surface area contributed by atoms with Crippen LogP contribution < -0.4 is 24.6 Å². The highest BCUT2D eigenvalue weighted by Crippen LogP contribution is 2.54. The number of hydrogen-bond acceptors (Lipinski definition) is 8. The van der Waals surface area contributed by atoms with Crippen LogP contribution in [0.4, 0.5) is 11.4 Å². The van der Waals surface area contributed by atoms with E-state index in [0.29, 0.717) is 38.3 Å². The van der Waals surface area contributed by atoms with E-state index in [1.807, 2.05) is 54.6 Å². The van der Waals surface area contributed by atoms with Gasteiger partial charge in [0.2, 0.25) is 11.8 Å². The third kappa shape index (κ3) is 4.83. The van der Waals surface area contributed by atoms with Gasteiger partial charge in [-0.25, -0.2) is 4.90 Å². The summed E-state index contributed by atoms with van der Waals surface area (Å²) in [6, 6.07) is 27.3. The molecule has 0 bridgehead atoms. The van der Waals surface area contributed by atoms with Crippen LogP contribution in [0.2, 0.25) is 0 Å². The first kappa shape index (κ1) is 27.9. The molecule has 5 aromatic rings. The van der Waals surface area contributed by atoms with Crippen molar-refractivity contribution >= 4 is 63.0 Å². The molecule has 2 aliphatic heterocycles. The van der Waals surface area contributed by atoms with E-state index in [1.54, 1.807) is 43.5 Å². The zero-order valence-electron chi connectivity index (χ0n) is 23.3. The summed E-state index contributed by atoms with van der Waals surface area (Å²) in [6.07, 6.45) is 0. The number of aromatic nitrogens is 1. The second kappa shape index (κ2) is 11.3. The number of ether oxygens (including phenoxy) is 2. The van der Waals surface area contributed by atoms with Crippen molar-refractivity contribution < 1.29 is 23.9 Å². The highest BCUT2D eigenvalue weighted by molar-refractivity contribution is 8.00. The number of methoxy groups -OCH3 is 1. The summed E-state index contributed by atoms with van der Waals surface area (Å²) in [5, 5.41) is 4.65. The summed E-state index contributed by atoms with van der Waals surface area (Å²) < 4.78 is 11.3. The molecule has 3 heterocycles. The van der Waals surface area contributed by atoms with Crippen LogP contribution in [0.3, 0.4) is 0 Å². The van der Waals surface area contributed by atoms with Crippen molar-refractivity contribution in [2.24, 2.45) is 5.92 Å². The minimum absolute atomic E-state index is 0.271. The topological polar surface area (TPSA) is 118 Å². The van der Waals surface area contributed by atoms with Crippen molar-refractivity contribution in [1.82, 2.24) is 4.98 Å². The number of nitrogens with zero attached hydrogens (tertiary/aromatic N) is 1. The van der Waals surface area contributed by atoms with Gasteiger partial charge in [0, 0.05) is 27.4 Å². The van der Waals surface area contributed by atoms with Crippen LogP contribution in [-0.2, 0) is 14.4 Å². The molecule has 2 unspecified atom stereocenters. The number of imide groups is 1. The lowest BCUT2D eigenvalue weighted by atomic mass is 9.82. The second-order valence-electron chi connectivity index (χ2n) is 10.4. The zero-order chi connectivity index (χ0) is 30.4. The molecule has 1 saturated heterocycles. The van der Waals surface area contributed by atoms with Gasteiger partial charge in [0.05, 0.1) is 23.7 Å². The number of thiazole rings is 1. The first-order valence-electron chi connectivity index (χ1n) is 13.8. The summed E-state index contributed by atoms with van der Waals surface area (Å²) in [6.45, 7) is -0.281. The molecule has 4 aromatic carbocycles. The Morgan fingerprint density at radius 3 is 2.48 bits per heavy atom. The van der Waals surface area contributed by atoms with E-state index in [-0.39, 0.29) is 29.2 Å². The Bertz CT molecular complexity index is 1980. The predicted molar refractivity (Wildman–Crippen MR) is 170 cm³/mol. The molecule has 2 N–H and O–H groups in total. The number of carbonyl (C=O) groups excluding carboxylic acids is 3. The predicted octanol–water partition coefficient (Wildman–Crippen LogP) is 5.41. The summed E-state index contributed by atoms with van der Waals surface area (Å²) in [5.41, 5.74) is 1.74. The Kier molecular flexibility index (Phi) is 7.19. The van der Waals surface area contributed by atoms with Gasteiger partial charge in [-0.1, -0.05) is 77.7 Å². The number of thioether (sulfide) groups is 1. The van der Waals surface area contributed by atoms with E-state index in [9.17, 15) is 19.2 Å². The fraction of sp³-hybridized carbons (Fsp3) is 0.152. The standard InChI is InChI=1S/C33H25N3O6S2/c1-41-20-15-13-19(14-16-20)36-31(38)27-26(28-30(35-33(40)44-28)43-29(27)32(36)39)22-10-4-5-12-24(22)42-17-25(37)34-23-11-6-8-18-7-2-3-9-21(18)23/h2-16,26-27,29H,17H2,1H3,(H,34,37)(H,35,40)/t26-,27?,29?/m1/s1. The number of H-pyrrole nitrogens is 1. The molecule has 0 radical (unpaired) electrons. The Morgan fingerprint density at radius 1 is 0.909 bits per heavy atom. The minimum atomic E-state index is -0.789. The monoisotopic (exact) mass is 623 g/mol. The Morgan fingerprint density at radius 2 is 1.66 bits per heavy atom. The van der Waals surface area contributed by atoms with Crippen LogP contribution in [0.15, 0.2) is 101 Å². The molecule has 2 aliphatic rings. The van der Waals surface area contributed by atoms with Crippen LogP contribution in [-0.4, -0.2) is 41.7 Å². The molecule has 1 fully saturated rings. The van der Waals surface area contributed by atoms with E-state index in [2.05, 4.69) is 10.3 Å². The lowest BCUT2D eigenvalue weighted by molar-refractivity contribution is -0.122. The van der Waals surface area contributed by atoms with E-state index in [4.69, 9.17) is 9.47 Å². The van der Waals surface area contributed by atoms with Crippen molar-refractivity contribution in [3.8, 4) is 11.5 Å². The van der Waals surface area contributed by atoms with Gasteiger partial charge < -0.3 is 19.8 Å². The molecule has 0 spiro atoms. The molecule has 3 amide bonds. The van der Waals surface area contributed by atoms with E-state index < -0.39 is 17.1 Å². The third-order valence-electron chi connectivity index (χ3n) is 7.83. The molecule has 11 heteroatoms. The smallest absolute Gasteiger partial charge is 0.305 e. The molecule has 0 saturated carbocycles. The van der Waals surface area contributed by atoms with Gasteiger partial charge in [-0.15, -0.1) is 0 Å². The van der Waals surface area contributed by atoms with Crippen molar-refractivity contribution in [2.75, 3.05) is 23.9 Å². The molecular weight excluding hydrogens is 599 g/mol. The first-order chi connectivity index (χ1) is 21.4. The molecule has 1 aromatic heterocycles. The largest absolute Gasteiger partial charge is 0.497 e. The Balaban J connectivity index is 1.20. The molecular formula is C33H25N3O6S2. The molecule has 3 atom stereocenters. The van der Waals surface area contributed by atoms with Crippen LogP contribution in [0.1, 0.15) is 16.4 Å². The normalized spacial score (nSPS) is 19.0. The number of hydrogen-bond donors (Lipinski definition) is 2. The van der Waals surface area contributed by atoms with Gasteiger partial charge in [-0.05, 0) is 41.8 Å². The van der Waals surface area contributed by atoms with E-state index in [1.165, 1.54) is 16.7 Å². The highest BCUT2D eigenvalue weighted by Gasteiger charge is 2.56. The average molecular weight is 624 g/mol. The van der Waals surface area contributed by atoms with Crippen molar-refractivity contribution in [3.63, 3.8) is 0 Å². The number of aromatic amines is 1. The number of anilines is 2. The number of para-hydroxylation sites is 1. The maximum atomic E-state index is 14.1. The fourth-order valence-electron chi connectivity index (χ4n) is 5.87. The molecule has 44 heavy (non-hydrogen) atoms. The van der Waals surface area contributed by atoms with Gasteiger partial charge in [-0.2, -0.15) is 0 Å². The SMILES string of the molecule is COc1ccc(N2C(=O)C3Sc4[nH]c(=O)sc4[C@H](c4ccccc4OCC(=O)Nc4cccc5ccccc45)C3C2=O)cc1. The van der Waals surface area contributed by atoms with E-state index in [0.717, 1.165) is 22.1 Å². The quantitative estimate of drug-likeness (QED) is 0.233. The van der Waals surface area contributed by atoms with Crippen LogP contribution in [0.5, 0.6) is 11.5 Å². The van der Waals surface area contributed by atoms with Crippen molar-refractivity contribution in [3.05, 3.63) is 111 Å². The van der Waals surface area contributed by atoms with Crippen LogP contribution in [0.25, 0.3) is 10.8 Å². The van der Waals surface area contributed by atoms with Crippen molar-refractivity contribution in [2.45, 2.75) is 16.2 Å². The molecule has 9 nitrogen and oxygen atoms in total. The van der Waals surface area contributed by atoms with Crippen LogP contribution in [0, 0.1) is 5.92 Å². The summed E-state index contributed by atoms with van der Waals surface area (Å²) in [7, 11) is 1.54. The number of benzene rings is 4. The van der Waals surface area contributed by atoms with Gasteiger partial charge >= 0.3 is 4.87 Å². The summed E-state index contributed by atoms with van der Waals surface area (Å²) in [5.74, 6) is -1.50. The zero-order valence-corrected chi connectivity index (χ0v) is 24.9. The number of carbonyl (C=O) groups is 3. The number of nitrogens with one attached hydrogen (secondary N) is 2. The van der Waals surface area contributed by atoms with Gasteiger partial charge in [0.15, 0.2) is 6.61 Å². The van der Waals surface area contributed by atoms with Gasteiger partial charge in [-0.3, -0.25) is 19.2 Å². The summed E-state index contributed by atoms with van der Waals surface area (Å²) >= 11 is 2.22. The fourth-order valence-corrected chi connectivity index (χ4v) is 8.38. The third-order valence-corrected chi connectivity index (χ3v) is 10.2. The van der Waals surface area contributed by atoms with Gasteiger partial charge in [0.25, 0.3) is 5.91 Å². The van der Waals surface area contributed by atoms with Crippen molar-refractivity contribution in [1.29, 1.82) is 0 Å². The molecule has 220 valence electrons. The molecule has 7 rings (SSSR count). The van der Waals surface area contributed by atoms with Gasteiger partial charge in [0.1, 0.15) is 16.7 Å². The maximum absolute atomic E-state index is 14.1. The average Bonchev–Trinajstić information content (AvgIpc) is 3.54. The Labute approximate surface area is 259 Å². The molecule has 0 aliphatic carbocycles. The maximum Gasteiger partial charge on any atom is 0.305 e. The summed E-state index contributed by atoms with van der Waals surface area (Å²) in [4.78, 5) is 57.8. The van der Waals surface area contributed by atoms with Crippen LogP contribution >= 0.6 is 23.1 Å². The number of fused-ring (bicyclic) bond motifs is 3. The lowest BCUT2D eigenvalue weighted by Crippen LogP contribution is -2.32. The first-order valence-corrected chi connectivity index (χ1v) is 15.5. The lowest BCUT2D eigenvalue weighted by Gasteiger charge is -2.30. The minimum Gasteiger partial charge on any atom is -0.497 e. The van der Waals surface area contributed by atoms with E-state index >= 15 is 0 Å². The highest BCUT2D eigenvalue weighted by atomic mass is 32.2. The second-order valence-corrected chi connectivity index (χ2v) is 12.5.